The number of nitrogens with one attached hydrogen (secondary N) is 3. The number of anilines is 2. The molecule has 354 valence electrons. The van der Waals surface area contributed by atoms with E-state index in [0.29, 0.717) is 56.9 Å². The van der Waals surface area contributed by atoms with Gasteiger partial charge >= 0.3 is 6.09 Å². The zero-order valence-corrected chi connectivity index (χ0v) is 40.6. The third-order valence-corrected chi connectivity index (χ3v) is 18.3. The summed E-state index contributed by atoms with van der Waals surface area (Å²) in [5, 5.41) is 19.6. The molecular formula is C52H69N5O8Si. The van der Waals surface area contributed by atoms with Crippen LogP contribution in [0.1, 0.15) is 62.8 Å². The van der Waals surface area contributed by atoms with E-state index in [9.17, 15) is 19.5 Å². The Labute approximate surface area is 391 Å². The van der Waals surface area contributed by atoms with E-state index in [1.165, 1.54) is 11.1 Å². The van der Waals surface area contributed by atoms with Gasteiger partial charge in [0.25, 0.3) is 5.91 Å². The van der Waals surface area contributed by atoms with E-state index >= 15 is 0 Å². The van der Waals surface area contributed by atoms with Gasteiger partial charge in [-0.2, -0.15) is 0 Å². The average molecular weight is 920 g/mol. The van der Waals surface area contributed by atoms with Gasteiger partial charge in [-0.25, -0.2) is 4.79 Å². The first kappa shape index (κ1) is 48.7. The number of benzene rings is 4. The van der Waals surface area contributed by atoms with E-state index < -0.39 is 14.4 Å². The number of aromatic hydroxyl groups is 1. The van der Waals surface area contributed by atoms with Crippen LogP contribution in [0, 0.1) is 11.8 Å². The van der Waals surface area contributed by atoms with Gasteiger partial charge < -0.3 is 44.2 Å². The first-order valence-electron chi connectivity index (χ1n) is 23.5. The summed E-state index contributed by atoms with van der Waals surface area (Å²) in [6.07, 6.45) is 3.08. The first-order chi connectivity index (χ1) is 31.6. The Balaban J connectivity index is 0.759. The standard InChI is InChI=1S/C52H69N5O8Si/c1-52(2,3)66(5,6)65-46(43-20-21-45(58)49-50(43)63-35-47(59)55-49)32-53-25-27-56(4)48(60)24-29-62-28-23-37-18-16-36(17-19-37)22-26-57-33-39-30-41(31-40(39)34-57)64-51(61)54-44-15-11-10-14-42(44)38-12-8-7-9-13-38/h7-21,39-41,46,53,58H,22-35H2,1-6H3,(H,54,61)(H,55,59). The molecule has 4 N–H and O–H groups in total. The number of nitrogens with zero attached hydrogens (tertiary/aromatic N) is 2. The molecule has 4 aromatic rings. The van der Waals surface area contributed by atoms with E-state index in [4.69, 9.17) is 18.6 Å². The van der Waals surface area contributed by atoms with E-state index in [1.807, 2.05) is 54.6 Å². The van der Waals surface area contributed by atoms with Crippen molar-refractivity contribution in [1.82, 2.24) is 15.1 Å². The maximum atomic E-state index is 13.0. The Morgan fingerprint density at radius 2 is 1.61 bits per heavy atom. The number of phenolic OH excluding ortho intramolecular Hbond substituents is 1. The third kappa shape index (κ3) is 12.8. The molecule has 3 atom stereocenters. The van der Waals surface area contributed by atoms with Crippen molar-refractivity contribution >= 4 is 37.6 Å². The Morgan fingerprint density at radius 1 is 0.924 bits per heavy atom. The number of carbonyl (C=O) groups excluding carboxylic acids is 3. The van der Waals surface area contributed by atoms with Gasteiger partial charge in [0.1, 0.15) is 17.5 Å². The number of fused-ring (bicyclic) bond motifs is 2. The molecule has 7 rings (SSSR count). The van der Waals surface area contributed by atoms with Gasteiger partial charge in [-0.15, -0.1) is 0 Å². The fourth-order valence-corrected chi connectivity index (χ4v) is 10.2. The topological polar surface area (TPSA) is 151 Å². The highest BCUT2D eigenvalue weighted by molar-refractivity contribution is 6.74. The second kappa shape index (κ2) is 22.0. The first-order valence-corrected chi connectivity index (χ1v) is 26.5. The molecule has 4 aromatic carbocycles. The number of carbonyl (C=O) groups is 3. The van der Waals surface area contributed by atoms with Crippen LogP contribution in [-0.4, -0.2) is 113 Å². The van der Waals surface area contributed by atoms with Crippen LogP contribution in [0.25, 0.3) is 11.1 Å². The van der Waals surface area contributed by atoms with Crippen molar-refractivity contribution < 1.29 is 38.1 Å². The number of hydrogen-bond acceptors (Lipinski definition) is 10. The summed E-state index contributed by atoms with van der Waals surface area (Å²) in [7, 11) is -0.432. The van der Waals surface area contributed by atoms with Crippen molar-refractivity contribution in [2.45, 2.75) is 83.2 Å². The fraction of sp³-hybridized carbons (Fsp3) is 0.481. The van der Waals surface area contributed by atoms with E-state index in [-0.39, 0.29) is 47.1 Å². The summed E-state index contributed by atoms with van der Waals surface area (Å²) >= 11 is 0. The van der Waals surface area contributed by atoms with Crippen molar-refractivity contribution in [3.63, 3.8) is 0 Å². The molecule has 2 aliphatic heterocycles. The lowest BCUT2D eigenvalue weighted by molar-refractivity contribution is -0.131. The number of likely N-dealkylation sites (tertiary alicyclic amines) is 1. The van der Waals surface area contributed by atoms with E-state index in [2.05, 4.69) is 79.0 Å². The summed E-state index contributed by atoms with van der Waals surface area (Å²) in [4.78, 5) is 42.2. The molecule has 0 radical (unpaired) electrons. The Kier molecular flexibility index (Phi) is 16.2. The van der Waals surface area contributed by atoms with Gasteiger partial charge in [0.15, 0.2) is 20.7 Å². The Morgan fingerprint density at radius 3 is 2.32 bits per heavy atom. The number of likely N-dealkylation sites (N-methyl/N-ethyl adjacent to an activating group) is 1. The van der Waals surface area contributed by atoms with Crippen LogP contribution in [-0.2, 0) is 36.3 Å². The van der Waals surface area contributed by atoms with E-state index in [1.54, 1.807) is 24.1 Å². The molecule has 1 aliphatic carbocycles. The summed E-state index contributed by atoms with van der Waals surface area (Å²) in [6, 6.07) is 30.0. The van der Waals surface area contributed by atoms with Gasteiger partial charge in [-0.3, -0.25) is 14.9 Å². The Hall–Kier alpha value is -5.25. The van der Waals surface area contributed by atoms with Gasteiger partial charge in [-0.05, 0) is 90.5 Å². The molecule has 1 saturated carbocycles. The van der Waals surface area contributed by atoms with Gasteiger partial charge in [0.2, 0.25) is 5.91 Å². The lowest BCUT2D eigenvalue weighted by Crippen LogP contribution is -2.44. The van der Waals surface area contributed by atoms with Crippen molar-refractivity contribution in [2.24, 2.45) is 11.8 Å². The summed E-state index contributed by atoms with van der Waals surface area (Å²) < 4.78 is 24.5. The number of phenols is 1. The largest absolute Gasteiger partial charge is 0.506 e. The van der Waals surface area contributed by atoms with Crippen molar-refractivity contribution in [1.29, 1.82) is 0 Å². The van der Waals surface area contributed by atoms with Crippen molar-refractivity contribution in [3.05, 3.63) is 108 Å². The fourth-order valence-electron chi connectivity index (χ4n) is 8.96. The SMILES string of the molecule is CN(CCNCC(O[Si](C)(C)C(C)(C)C)c1ccc(O)c2c1OCC(=O)N2)C(=O)CCOCCc1ccc(CCN2CC3CC(OC(=O)Nc4ccccc4-c4ccccc4)CC3C2)cc1. The Bertz CT molecular complexity index is 2260. The lowest BCUT2D eigenvalue weighted by atomic mass is 10.0. The summed E-state index contributed by atoms with van der Waals surface area (Å²) in [5.41, 5.74) is 6.33. The van der Waals surface area contributed by atoms with Crippen LogP contribution in [0.4, 0.5) is 16.2 Å². The van der Waals surface area contributed by atoms with Crippen LogP contribution in [0.3, 0.4) is 0 Å². The monoisotopic (exact) mass is 919 g/mol. The maximum absolute atomic E-state index is 13.0. The molecule has 2 fully saturated rings. The average Bonchev–Trinajstić information content (AvgIpc) is 3.85. The van der Waals surface area contributed by atoms with E-state index in [0.717, 1.165) is 67.7 Å². The van der Waals surface area contributed by atoms with Crippen LogP contribution < -0.4 is 20.7 Å². The molecule has 3 aliphatic rings. The molecule has 13 nitrogen and oxygen atoms in total. The maximum Gasteiger partial charge on any atom is 0.411 e. The highest BCUT2D eigenvalue weighted by Crippen LogP contribution is 2.46. The minimum absolute atomic E-state index is 0.0193. The molecule has 0 aromatic heterocycles. The second-order valence-corrected chi connectivity index (χ2v) is 24.4. The third-order valence-electron chi connectivity index (χ3n) is 13.8. The van der Waals surface area contributed by atoms with Crippen molar-refractivity contribution in [3.8, 4) is 22.6 Å². The molecule has 3 amide bonds. The van der Waals surface area contributed by atoms with Gasteiger partial charge in [0.05, 0.1) is 31.4 Å². The minimum atomic E-state index is -2.24. The molecule has 0 spiro atoms. The highest BCUT2D eigenvalue weighted by Gasteiger charge is 2.43. The number of hydrogen-bond donors (Lipinski definition) is 4. The molecule has 66 heavy (non-hydrogen) atoms. The molecule has 2 heterocycles. The van der Waals surface area contributed by atoms with Crippen LogP contribution in [0.5, 0.6) is 11.5 Å². The van der Waals surface area contributed by atoms with Crippen molar-refractivity contribution in [2.75, 3.05) is 76.8 Å². The van der Waals surface area contributed by atoms with Gasteiger partial charge in [-0.1, -0.05) is 93.6 Å². The molecule has 14 heteroatoms. The predicted molar refractivity (Wildman–Crippen MR) is 261 cm³/mol. The number of para-hydroxylation sites is 1. The normalized spacial score (nSPS) is 18.8. The predicted octanol–water partition coefficient (Wildman–Crippen LogP) is 8.65. The molecule has 3 unspecified atom stereocenters. The molecular weight excluding hydrogens is 851 g/mol. The van der Waals surface area contributed by atoms with Crippen LogP contribution in [0.2, 0.25) is 18.1 Å². The quantitative estimate of drug-likeness (QED) is 0.0386. The second-order valence-electron chi connectivity index (χ2n) is 19.6. The highest BCUT2D eigenvalue weighted by atomic mass is 28.4. The number of amides is 3. The summed E-state index contributed by atoms with van der Waals surface area (Å²) in [5.74, 6) is 1.18. The smallest absolute Gasteiger partial charge is 0.411 e. The van der Waals surface area contributed by atoms with Crippen LogP contribution in [0.15, 0.2) is 91.0 Å². The van der Waals surface area contributed by atoms with Crippen LogP contribution >= 0.6 is 0 Å². The minimum Gasteiger partial charge on any atom is -0.506 e. The zero-order chi connectivity index (χ0) is 46.8. The molecule has 0 bridgehead atoms. The van der Waals surface area contributed by atoms with Gasteiger partial charge in [0, 0.05) is 57.4 Å². The lowest BCUT2D eigenvalue weighted by Gasteiger charge is -2.40. The zero-order valence-electron chi connectivity index (χ0n) is 39.6. The number of ether oxygens (including phenoxy) is 3. The number of rotatable bonds is 20. The molecule has 1 saturated heterocycles. The summed E-state index contributed by atoms with van der Waals surface area (Å²) in [6.45, 7) is 16.3.